The number of aliphatic hydroxyl groups excluding tert-OH is 1. The van der Waals surface area contributed by atoms with Crippen LogP contribution in [0.2, 0.25) is 0 Å². The van der Waals surface area contributed by atoms with Crippen LogP contribution in [-0.2, 0) is 4.79 Å². The molecule has 1 aromatic rings. The number of nitrogens with one attached hydrogen (secondary N) is 1. The number of benzene rings is 1. The quantitative estimate of drug-likeness (QED) is 0.725. The highest BCUT2D eigenvalue weighted by Crippen LogP contribution is 2.16. The van der Waals surface area contributed by atoms with Crippen LogP contribution in [0, 0.1) is 0 Å². The van der Waals surface area contributed by atoms with Crippen molar-refractivity contribution in [3.8, 4) is 0 Å². The average Bonchev–Trinajstić information content (AvgIpc) is 2.35. The molecule has 0 saturated carbocycles. The van der Waals surface area contributed by atoms with Crippen molar-refractivity contribution in [1.29, 1.82) is 0 Å². The van der Waals surface area contributed by atoms with Gasteiger partial charge in [0.2, 0.25) is 5.91 Å². The Morgan fingerprint density at radius 2 is 1.89 bits per heavy atom. The molecule has 18 heavy (non-hydrogen) atoms. The largest absolute Gasteiger partial charge is 0.389 e. The molecule has 0 aliphatic rings. The van der Waals surface area contributed by atoms with E-state index >= 15 is 0 Å². The van der Waals surface area contributed by atoms with E-state index in [9.17, 15) is 9.90 Å². The molecule has 0 aromatic heterocycles. The number of unbranched alkanes of at least 4 members (excludes halogenated alkanes) is 3. The van der Waals surface area contributed by atoms with Crippen molar-refractivity contribution in [2.75, 3.05) is 5.32 Å². The molecule has 1 amide bonds. The van der Waals surface area contributed by atoms with E-state index in [0.717, 1.165) is 24.1 Å². The predicted octanol–water partition coefficient (Wildman–Crippen LogP) is 3.65. The lowest BCUT2D eigenvalue weighted by Crippen LogP contribution is -2.11. The minimum atomic E-state index is -0.469. The fourth-order valence-corrected chi connectivity index (χ4v) is 1.78. The maximum Gasteiger partial charge on any atom is 0.224 e. The van der Waals surface area contributed by atoms with Gasteiger partial charge in [-0.3, -0.25) is 4.79 Å². The van der Waals surface area contributed by atoms with Gasteiger partial charge in [-0.15, -0.1) is 0 Å². The second kappa shape index (κ2) is 7.88. The normalized spacial score (nSPS) is 12.2. The molecule has 0 aliphatic heterocycles. The number of carbonyl (C=O) groups is 1. The monoisotopic (exact) mass is 249 g/mol. The summed E-state index contributed by atoms with van der Waals surface area (Å²) in [6.45, 7) is 3.88. The van der Waals surface area contributed by atoms with Gasteiger partial charge in [0.05, 0.1) is 6.10 Å². The molecule has 1 aromatic carbocycles. The Balaban J connectivity index is 2.35. The summed E-state index contributed by atoms with van der Waals surface area (Å²) >= 11 is 0. The summed E-state index contributed by atoms with van der Waals surface area (Å²) < 4.78 is 0. The molecule has 0 bridgehead atoms. The molecule has 0 spiro atoms. The van der Waals surface area contributed by atoms with Crippen molar-refractivity contribution in [3.05, 3.63) is 29.8 Å². The third-order valence-electron chi connectivity index (χ3n) is 2.93. The van der Waals surface area contributed by atoms with Crippen LogP contribution in [0.3, 0.4) is 0 Å². The highest BCUT2D eigenvalue weighted by Gasteiger charge is 2.03. The molecule has 0 saturated heterocycles. The molecular formula is C15H23NO2. The summed E-state index contributed by atoms with van der Waals surface area (Å²) in [6, 6.07) is 7.31. The fourth-order valence-electron chi connectivity index (χ4n) is 1.78. The number of hydrogen-bond acceptors (Lipinski definition) is 2. The Labute approximate surface area is 109 Å². The molecule has 0 aliphatic carbocycles. The van der Waals surface area contributed by atoms with Crippen molar-refractivity contribution in [1.82, 2.24) is 0 Å². The van der Waals surface area contributed by atoms with Gasteiger partial charge in [-0.25, -0.2) is 0 Å². The smallest absolute Gasteiger partial charge is 0.224 e. The van der Waals surface area contributed by atoms with E-state index in [1.54, 1.807) is 6.92 Å². The molecule has 0 fully saturated rings. The fraction of sp³-hybridized carbons (Fsp3) is 0.533. The van der Waals surface area contributed by atoms with Gasteiger partial charge in [0.15, 0.2) is 0 Å². The van der Waals surface area contributed by atoms with E-state index in [0.29, 0.717) is 6.42 Å². The van der Waals surface area contributed by atoms with Crippen LogP contribution in [-0.4, -0.2) is 11.0 Å². The van der Waals surface area contributed by atoms with E-state index in [-0.39, 0.29) is 5.91 Å². The van der Waals surface area contributed by atoms with Gasteiger partial charge in [-0.2, -0.15) is 0 Å². The maximum absolute atomic E-state index is 11.6. The molecule has 100 valence electrons. The zero-order chi connectivity index (χ0) is 13.4. The first-order valence-corrected chi connectivity index (χ1v) is 6.71. The Bertz CT molecular complexity index is 357. The lowest BCUT2D eigenvalue weighted by molar-refractivity contribution is -0.116. The SMILES string of the molecule is CCCCCCC(=O)Nc1ccc(C(C)O)cc1. The predicted molar refractivity (Wildman–Crippen MR) is 74.5 cm³/mol. The third-order valence-corrected chi connectivity index (χ3v) is 2.93. The molecule has 1 atom stereocenters. The van der Waals surface area contributed by atoms with E-state index in [2.05, 4.69) is 12.2 Å². The number of amides is 1. The second-order valence-corrected chi connectivity index (χ2v) is 4.66. The number of anilines is 1. The molecule has 3 nitrogen and oxygen atoms in total. The topological polar surface area (TPSA) is 49.3 Å². The van der Waals surface area contributed by atoms with Crippen molar-refractivity contribution >= 4 is 11.6 Å². The van der Waals surface area contributed by atoms with Crippen LogP contribution < -0.4 is 5.32 Å². The lowest BCUT2D eigenvalue weighted by Gasteiger charge is -2.08. The number of hydrogen-bond donors (Lipinski definition) is 2. The van der Waals surface area contributed by atoms with Crippen LogP contribution in [0.25, 0.3) is 0 Å². The standard InChI is InChI=1S/C15H23NO2/c1-3-4-5-6-7-15(18)16-14-10-8-13(9-11-14)12(2)17/h8-12,17H,3-7H2,1-2H3,(H,16,18). The van der Waals surface area contributed by atoms with E-state index < -0.39 is 6.10 Å². The first-order valence-electron chi connectivity index (χ1n) is 6.71. The molecular weight excluding hydrogens is 226 g/mol. The van der Waals surface area contributed by atoms with Crippen molar-refractivity contribution in [2.24, 2.45) is 0 Å². The highest BCUT2D eigenvalue weighted by molar-refractivity contribution is 5.90. The van der Waals surface area contributed by atoms with Gasteiger partial charge in [-0.1, -0.05) is 38.3 Å². The van der Waals surface area contributed by atoms with Gasteiger partial charge in [-0.05, 0) is 31.0 Å². The molecule has 0 radical (unpaired) electrons. The van der Waals surface area contributed by atoms with Crippen LogP contribution in [0.5, 0.6) is 0 Å². The summed E-state index contributed by atoms with van der Waals surface area (Å²) in [7, 11) is 0. The van der Waals surface area contributed by atoms with E-state index in [1.165, 1.54) is 12.8 Å². The van der Waals surface area contributed by atoms with Crippen molar-refractivity contribution < 1.29 is 9.90 Å². The second-order valence-electron chi connectivity index (χ2n) is 4.66. The number of aliphatic hydroxyl groups is 1. The number of rotatable bonds is 7. The molecule has 2 N–H and O–H groups in total. The first-order chi connectivity index (χ1) is 8.63. The number of carbonyl (C=O) groups excluding carboxylic acids is 1. The highest BCUT2D eigenvalue weighted by atomic mass is 16.3. The Hall–Kier alpha value is -1.35. The lowest BCUT2D eigenvalue weighted by atomic mass is 10.1. The van der Waals surface area contributed by atoms with Crippen molar-refractivity contribution in [2.45, 2.75) is 52.1 Å². The van der Waals surface area contributed by atoms with Crippen LogP contribution in [0.1, 0.15) is 57.6 Å². The van der Waals surface area contributed by atoms with Gasteiger partial charge < -0.3 is 10.4 Å². The van der Waals surface area contributed by atoms with Crippen LogP contribution in [0.15, 0.2) is 24.3 Å². The summed E-state index contributed by atoms with van der Waals surface area (Å²) in [5.41, 5.74) is 1.65. The zero-order valence-electron chi connectivity index (χ0n) is 11.3. The van der Waals surface area contributed by atoms with Crippen LogP contribution >= 0.6 is 0 Å². The third kappa shape index (κ3) is 5.32. The minimum absolute atomic E-state index is 0.0656. The van der Waals surface area contributed by atoms with E-state index in [4.69, 9.17) is 0 Å². The summed E-state index contributed by atoms with van der Waals surface area (Å²) in [5.74, 6) is 0.0656. The minimum Gasteiger partial charge on any atom is -0.389 e. The summed E-state index contributed by atoms with van der Waals surface area (Å²) in [4.78, 5) is 11.6. The van der Waals surface area contributed by atoms with Crippen molar-refractivity contribution in [3.63, 3.8) is 0 Å². The van der Waals surface area contributed by atoms with Gasteiger partial charge in [0.25, 0.3) is 0 Å². The molecule has 1 rings (SSSR count). The maximum atomic E-state index is 11.6. The average molecular weight is 249 g/mol. The Kier molecular flexibility index (Phi) is 6.44. The van der Waals surface area contributed by atoms with Gasteiger partial charge in [0.1, 0.15) is 0 Å². The Morgan fingerprint density at radius 1 is 1.22 bits per heavy atom. The summed E-state index contributed by atoms with van der Waals surface area (Å²) in [6.07, 6.45) is 4.55. The first kappa shape index (κ1) is 14.7. The van der Waals surface area contributed by atoms with Crippen LogP contribution in [0.4, 0.5) is 5.69 Å². The van der Waals surface area contributed by atoms with Gasteiger partial charge in [0, 0.05) is 12.1 Å². The zero-order valence-corrected chi connectivity index (χ0v) is 11.3. The van der Waals surface area contributed by atoms with Gasteiger partial charge >= 0.3 is 0 Å². The molecule has 0 heterocycles. The van der Waals surface area contributed by atoms with E-state index in [1.807, 2.05) is 24.3 Å². The summed E-state index contributed by atoms with van der Waals surface area (Å²) in [5, 5.41) is 12.2. The Morgan fingerprint density at radius 3 is 2.44 bits per heavy atom. The molecule has 3 heteroatoms. The molecule has 1 unspecified atom stereocenters.